The number of benzene rings is 3. The first-order valence-corrected chi connectivity index (χ1v) is 12.1. The lowest BCUT2D eigenvalue weighted by Gasteiger charge is -2.13. The molecule has 1 amide bonds. The highest BCUT2D eigenvalue weighted by Gasteiger charge is 2.17. The van der Waals surface area contributed by atoms with Crippen LogP contribution in [0.2, 0.25) is 0 Å². The monoisotopic (exact) mass is 490 g/mol. The van der Waals surface area contributed by atoms with E-state index in [1.165, 1.54) is 11.8 Å². The van der Waals surface area contributed by atoms with Crippen LogP contribution in [0.25, 0.3) is 5.69 Å². The van der Waals surface area contributed by atoms with Gasteiger partial charge in [0.25, 0.3) is 0 Å². The SMILES string of the molecule is CCOc1ccccc1NC(=O)CSc1nnc(COc2ccccc2)n1-c1ccc(OC)cc1. The maximum Gasteiger partial charge on any atom is 0.234 e. The van der Waals surface area contributed by atoms with Crippen LogP contribution in [0.15, 0.2) is 84.0 Å². The minimum absolute atomic E-state index is 0.147. The number of aromatic nitrogens is 3. The molecule has 0 bridgehead atoms. The minimum Gasteiger partial charge on any atom is -0.497 e. The van der Waals surface area contributed by atoms with E-state index in [4.69, 9.17) is 14.2 Å². The van der Waals surface area contributed by atoms with E-state index in [2.05, 4.69) is 15.5 Å². The van der Waals surface area contributed by atoms with E-state index < -0.39 is 0 Å². The van der Waals surface area contributed by atoms with Gasteiger partial charge in [0, 0.05) is 5.69 Å². The van der Waals surface area contributed by atoms with Gasteiger partial charge in [-0.05, 0) is 55.5 Å². The Labute approximate surface area is 208 Å². The zero-order chi connectivity index (χ0) is 24.5. The summed E-state index contributed by atoms with van der Waals surface area (Å²) in [5, 5.41) is 12.2. The van der Waals surface area contributed by atoms with Crippen LogP contribution < -0.4 is 19.5 Å². The van der Waals surface area contributed by atoms with Crippen molar-refractivity contribution in [1.29, 1.82) is 0 Å². The van der Waals surface area contributed by atoms with Crippen molar-refractivity contribution in [1.82, 2.24) is 14.8 Å². The van der Waals surface area contributed by atoms with Crippen molar-refractivity contribution in [2.75, 3.05) is 24.8 Å². The first-order chi connectivity index (χ1) is 17.2. The number of amides is 1. The van der Waals surface area contributed by atoms with E-state index in [-0.39, 0.29) is 18.3 Å². The molecule has 0 radical (unpaired) electrons. The second-order valence-electron chi connectivity index (χ2n) is 7.30. The smallest absolute Gasteiger partial charge is 0.234 e. The van der Waals surface area contributed by atoms with Gasteiger partial charge < -0.3 is 19.5 Å². The molecule has 1 heterocycles. The summed E-state index contributed by atoms with van der Waals surface area (Å²) in [6.45, 7) is 2.64. The van der Waals surface area contributed by atoms with Crippen LogP contribution in [0.5, 0.6) is 17.2 Å². The average Bonchev–Trinajstić information content (AvgIpc) is 3.31. The van der Waals surface area contributed by atoms with Crippen LogP contribution in [0.3, 0.4) is 0 Å². The number of para-hydroxylation sites is 3. The average molecular weight is 491 g/mol. The summed E-state index contributed by atoms with van der Waals surface area (Å²) in [6, 6.07) is 24.4. The minimum atomic E-state index is -0.173. The summed E-state index contributed by atoms with van der Waals surface area (Å²) < 4.78 is 18.7. The van der Waals surface area contributed by atoms with E-state index in [0.29, 0.717) is 29.0 Å². The molecule has 0 unspecified atom stereocenters. The summed E-state index contributed by atoms with van der Waals surface area (Å²) in [7, 11) is 1.62. The Bertz CT molecular complexity index is 1250. The van der Waals surface area contributed by atoms with E-state index in [1.807, 2.05) is 90.4 Å². The Hall–Kier alpha value is -3.98. The number of nitrogens with one attached hydrogen (secondary N) is 1. The van der Waals surface area contributed by atoms with E-state index in [1.54, 1.807) is 7.11 Å². The molecular weight excluding hydrogens is 464 g/mol. The van der Waals surface area contributed by atoms with Crippen molar-refractivity contribution in [3.05, 3.63) is 84.7 Å². The Morgan fingerprint density at radius 3 is 2.40 bits per heavy atom. The maximum atomic E-state index is 12.7. The summed E-state index contributed by atoms with van der Waals surface area (Å²) in [6.07, 6.45) is 0. The van der Waals surface area contributed by atoms with Gasteiger partial charge in [0.15, 0.2) is 11.0 Å². The van der Waals surface area contributed by atoms with Gasteiger partial charge >= 0.3 is 0 Å². The molecular formula is C26H26N4O4S. The third-order valence-corrected chi connectivity index (χ3v) is 5.86. The van der Waals surface area contributed by atoms with Gasteiger partial charge in [0.1, 0.15) is 23.9 Å². The fourth-order valence-electron chi connectivity index (χ4n) is 3.31. The molecule has 1 N–H and O–H groups in total. The zero-order valence-electron chi connectivity index (χ0n) is 19.5. The van der Waals surface area contributed by atoms with Gasteiger partial charge in [0.05, 0.1) is 25.2 Å². The molecule has 4 rings (SSSR count). The molecule has 35 heavy (non-hydrogen) atoms. The normalized spacial score (nSPS) is 10.6. The summed E-state index contributed by atoms with van der Waals surface area (Å²) in [5.74, 6) is 2.70. The fraction of sp³-hybridized carbons (Fsp3) is 0.192. The standard InChI is InChI=1S/C26H26N4O4S/c1-3-33-23-12-8-7-11-22(23)27-25(31)18-35-26-29-28-24(17-34-21-9-5-4-6-10-21)30(26)19-13-15-20(32-2)16-14-19/h4-16H,3,17-18H2,1-2H3,(H,27,31). The predicted octanol–water partition coefficient (Wildman–Crippen LogP) is 4.98. The lowest BCUT2D eigenvalue weighted by molar-refractivity contribution is -0.113. The molecule has 0 aliphatic rings. The molecule has 4 aromatic rings. The van der Waals surface area contributed by atoms with Crippen LogP contribution in [0.1, 0.15) is 12.7 Å². The Kier molecular flexibility index (Phi) is 8.24. The number of methoxy groups -OCH3 is 1. The maximum absolute atomic E-state index is 12.7. The van der Waals surface area contributed by atoms with Crippen LogP contribution >= 0.6 is 11.8 Å². The van der Waals surface area contributed by atoms with Crippen molar-refractivity contribution in [2.45, 2.75) is 18.7 Å². The number of thioether (sulfide) groups is 1. The number of carbonyl (C=O) groups excluding carboxylic acids is 1. The van der Waals surface area contributed by atoms with Crippen molar-refractivity contribution in [3.8, 4) is 22.9 Å². The third-order valence-electron chi connectivity index (χ3n) is 4.94. The van der Waals surface area contributed by atoms with E-state index >= 15 is 0 Å². The first-order valence-electron chi connectivity index (χ1n) is 11.1. The molecule has 0 atom stereocenters. The summed E-state index contributed by atoms with van der Waals surface area (Å²) in [4.78, 5) is 12.7. The van der Waals surface area contributed by atoms with Gasteiger partial charge in [-0.25, -0.2) is 0 Å². The number of anilines is 1. The quantitative estimate of drug-likeness (QED) is 0.297. The number of nitrogens with zero attached hydrogens (tertiary/aromatic N) is 3. The molecule has 0 aliphatic carbocycles. The highest BCUT2D eigenvalue weighted by Crippen LogP contribution is 2.27. The molecule has 0 fully saturated rings. The highest BCUT2D eigenvalue weighted by molar-refractivity contribution is 7.99. The summed E-state index contributed by atoms with van der Waals surface area (Å²) in [5.41, 5.74) is 1.47. The second kappa shape index (κ2) is 11.9. The molecule has 3 aromatic carbocycles. The lowest BCUT2D eigenvalue weighted by Crippen LogP contribution is -2.15. The van der Waals surface area contributed by atoms with E-state index in [9.17, 15) is 4.79 Å². The third kappa shape index (κ3) is 6.33. The molecule has 0 spiro atoms. The number of carbonyl (C=O) groups is 1. The number of hydrogen-bond donors (Lipinski definition) is 1. The number of rotatable bonds is 11. The molecule has 0 aliphatic heterocycles. The first kappa shape index (κ1) is 24.2. The van der Waals surface area contributed by atoms with Crippen molar-refractivity contribution in [2.24, 2.45) is 0 Å². The van der Waals surface area contributed by atoms with E-state index in [0.717, 1.165) is 17.2 Å². The largest absolute Gasteiger partial charge is 0.497 e. The van der Waals surface area contributed by atoms with Crippen LogP contribution in [-0.2, 0) is 11.4 Å². The predicted molar refractivity (Wildman–Crippen MR) is 136 cm³/mol. The van der Waals surface area contributed by atoms with Crippen LogP contribution in [-0.4, -0.2) is 40.1 Å². The molecule has 8 nitrogen and oxygen atoms in total. The number of ether oxygens (including phenoxy) is 3. The molecule has 180 valence electrons. The molecule has 1 aromatic heterocycles. The van der Waals surface area contributed by atoms with Gasteiger partial charge in [-0.1, -0.05) is 42.1 Å². The molecule has 0 saturated carbocycles. The Balaban J connectivity index is 1.51. The zero-order valence-corrected chi connectivity index (χ0v) is 20.3. The van der Waals surface area contributed by atoms with Gasteiger partial charge in [-0.2, -0.15) is 0 Å². The van der Waals surface area contributed by atoms with Gasteiger partial charge in [-0.3, -0.25) is 9.36 Å². The molecule has 0 saturated heterocycles. The Morgan fingerprint density at radius 1 is 0.914 bits per heavy atom. The summed E-state index contributed by atoms with van der Waals surface area (Å²) >= 11 is 1.29. The van der Waals surface area contributed by atoms with Crippen molar-refractivity contribution in [3.63, 3.8) is 0 Å². The molecule has 9 heteroatoms. The van der Waals surface area contributed by atoms with Crippen LogP contribution in [0.4, 0.5) is 5.69 Å². The fourth-order valence-corrected chi connectivity index (χ4v) is 4.08. The van der Waals surface area contributed by atoms with Crippen molar-refractivity contribution < 1.29 is 19.0 Å². The Morgan fingerprint density at radius 2 is 1.66 bits per heavy atom. The highest BCUT2D eigenvalue weighted by atomic mass is 32.2. The second-order valence-corrected chi connectivity index (χ2v) is 8.24. The van der Waals surface area contributed by atoms with Gasteiger partial charge in [-0.15, -0.1) is 10.2 Å². The lowest BCUT2D eigenvalue weighted by atomic mass is 10.3. The van der Waals surface area contributed by atoms with Crippen molar-refractivity contribution >= 4 is 23.4 Å². The number of hydrogen-bond acceptors (Lipinski definition) is 7. The topological polar surface area (TPSA) is 87.5 Å². The van der Waals surface area contributed by atoms with Crippen LogP contribution in [0, 0.1) is 0 Å². The van der Waals surface area contributed by atoms with Gasteiger partial charge in [0.2, 0.25) is 5.91 Å².